The van der Waals surface area contributed by atoms with Gasteiger partial charge in [-0.05, 0) is 74.4 Å². The second-order valence-electron chi connectivity index (χ2n) is 13.3. The largest absolute Gasteiger partial charge is 1.00 e. The number of para-hydroxylation sites is 2. The van der Waals surface area contributed by atoms with Gasteiger partial charge >= 0.3 is 103 Å². The Balaban J connectivity index is 0.000000341. The van der Waals surface area contributed by atoms with Crippen molar-refractivity contribution in [2.75, 3.05) is 43.9 Å². The Morgan fingerprint density at radius 3 is 1.62 bits per heavy atom. The van der Waals surface area contributed by atoms with E-state index in [0.29, 0.717) is 40.6 Å². The van der Waals surface area contributed by atoms with Crippen molar-refractivity contribution >= 4 is 121 Å². The SMILES string of the molecule is COc1cc2c(cc1O)N=C[C@@H]1Cc3ccccc3N1C2=O.COc1cc2c(cc1OCCCCI)N=C[C@@H]1Cc3ccccc3N1C2=O.ICCCCI.O=CO[O-].[H-].[K+].[K+]. The van der Waals surface area contributed by atoms with E-state index >= 15 is 0 Å². The van der Waals surface area contributed by atoms with Crippen LogP contribution in [0.1, 0.15) is 59.0 Å². The molecule has 0 aromatic heterocycles. The Morgan fingerprint density at radius 1 is 0.721 bits per heavy atom. The molecule has 8 rings (SSSR count). The molecule has 4 aromatic carbocycles. The van der Waals surface area contributed by atoms with E-state index in [1.165, 1.54) is 40.4 Å². The Kier molecular flexibility index (Phi) is 25.3. The summed E-state index contributed by atoms with van der Waals surface area (Å²) in [6.45, 7) is 0.442. The molecule has 1 N–H and O–H groups in total. The average molecular weight is 1220 g/mol. The van der Waals surface area contributed by atoms with Crippen molar-refractivity contribution in [1.29, 1.82) is 0 Å². The number of rotatable bonds is 11. The fourth-order valence-electron chi connectivity index (χ4n) is 6.84. The van der Waals surface area contributed by atoms with E-state index in [1.807, 2.05) is 59.6 Å². The summed E-state index contributed by atoms with van der Waals surface area (Å²) < 4.78 is 20.2. The van der Waals surface area contributed by atoms with Crippen molar-refractivity contribution in [3.05, 3.63) is 95.1 Å². The molecule has 4 aliphatic rings. The molecule has 2 atom stereocenters. The zero-order chi connectivity index (χ0) is 42.3. The third kappa shape index (κ3) is 14.1. The standard InChI is InChI=1S/C21H21IN2O3.C17H14N2O3.C4H8I2.CH2O3.2K.H/c1-26-19-11-16-17(12-20(19)27-9-5-4-8-22)23-13-15-10-14-6-2-3-7-18(14)24(15)21(16)25;1-22-16-7-12-13(8-15(16)20)18-9-11-6-10-4-2-3-5-14(10)19(11)17(12)21;5-3-1-2-4-6;2-1-4-3;;;/h2-3,6-7,11-13,15H,4-5,8-10H2,1H3;2-5,7-9,11,20H,6H2,1H3;1-4H2;1,3H;;;/q;;;;2*+1;-1/p-1/t15-;11-;;;;;/m00...../s1. The molecular weight excluding hydrogens is 1180 g/mol. The maximum absolute atomic E-state index is 13.3. The first-order valence-corrected chi connectivity index (χ1v) is 23.4. The van der Waals surface area contributed by atoms with Crippen LogP contribution in [-0.4, -0.2) is 82.0 Å². The van der Waals surface area contributed by atoms with Crippen LogP contribution < -0.4 is 132 Å². The summed E-state index contributed by atoms with van der Waals surface area (Å²) in [7, 11) is 3.05. The minimum Gasteiger partial charge on any atom is -1.00 e. The molecule has 314 valence electrons. The van der Waals surface area contributed by atoms with Gasteiger partial charge in [-0.25, -0.2) is 0 Å². The molecule has 0 radical (unpaired) electrons. The van der Waals surface area contributed by atoms with Crippen molar-refractivity contribution in [3.63, 3.8) is 0 Å². The number of methoxy groups -OCH3 is 2. The smallest absolute Gasteiger partial charge is 1.00 e. The molecule has 0 fully saturated rings. The number of alkyl halides is 3. The van der Waals surface area contributed by atoms with Gasteiger partial charge in [-0.3, -0.25) is 34.2 Å². The number of amides is 2. The molecule has 0 unspecified atom stereocenters. The fourth-order valence-corrected chi connectivity index (χ4v) is 8.46. The van der Waals surface area contributed by atoms with Gasteiger partial charge in [0.2, 0.25) is 0 Å². The van der Waals surface area contributed by atoms with Crippen LogP contribution in [-0.2, 0) is 22.5 Å². The Morgan fingerprint density at radius 2 is 1.16 bits per heavy atom. The number of carbonyl (C=O) groups excluding carboxylic acids is 3. The molecule has 0 saturated heterocycles. The summed E-state index contributed by atoms with van der Waals surface area (Å²) in [5.74, 6) is 1.28. The van der Waals surface area contributed by atoms with Gasteiger partial charge < -0.3 is 30.9 Å². The predicted octanol–water partition coefficient (Wildman–Crippen LogP) is 2.46. The van der Waals surface area contributed by atoms with Gasteiger partial charge in [0, 0.05) is 48.8 Å². The van der Waals surface area contributed by atoms with Crippen molar-refractivity contribution in [2.45, 2.75) is 50.6 Å². The number of anilines is 2. The summed E-state index contributed by atoms with van der Waals surface area (Å²) in [5.41, 5.74) is 6.28. The van der Waals surface area contributed by atoms with Crippen LogP contribution in [0.3, 0.4) is 0 Å². The van der Waals surface area contributed by atoms with E-state index in [9.17, 15) is 14.7 Å². The summed E-state index contributed by atoms with van der Waals surface area (Å²) >= 11 is 7.18. The molecule has 18 heteroatoms. The van der Waals surface area contributed by atoms with Crippen molar-refractivity contribution in [2.24, 2.45) is 9.98 Å². The first-order valence-electron chi connectivity index (χ1n) is 18.8. The van der Waals surface area contributed by atoms with E-state index in [1.54, 1.807) is 30.4 Å². The number of benzene rings is 4. The zero-order valence-electron chi connectivity index (χ0n) is 35.5. The number of unbranched alkanes of at least 4 members (excludes halogenated alkanes) is 2. The minimum absolute atomic E-state index is 0. The molecule has 13 nitrogen and oxygen atoms in total. The summed E-state index contributed by atoms with van der Waals surface area (Å²) in [6.07, 6.45) is 10.1. The molecule has 0 bridgehead atoms. The van der Waals surface area contributed by atoms with Gasteiger partial charge in [0.05, 0.1) is 55.4 Å². The van der Waals surface area contributed by atoms with E-state index in [0.717, 1.165) is 47.0 Å². The number of aromatic hydroxyl groups is 1. The average Bonchev–Trinajstić information content (AvgIpc) is 3.76. The number of hydrogen-bond donors (Lipinski definition) is 1. The Hall–Kier alpha value is -0.747. The minimum atomic E-state index is -0.181. The quantitative estimate of drug-likeness (QED) is 0.0453. The molecule has 0 saturated carbocycles. The van der Waals surface area contributed by atoms with Crippen LogP contribution in [0.4, 0.5) is 22.7 Å². The maximum atomic E-state index is 13.3. The van der Waals surface area contributed by atoms with Crippen LogP contribution >= 0.6 is 67.8 Å². The van der Waals surface area contributed by atoms with E-state index < -0.39 is 0 Å². The molecule has 0 aliphatic carbocycles. The Labute approximate surface area is 483 Å². The normalized spacial score (nSPS) is 15.5. The second-order valence-corrected chi connectivity index (χ2v) is 16.5. The van der Waals surface area contributed by atoms with Crippen LogP contribution in [0.2, 0.25) is 0 Å². The van der Waals surface area contributed by atoms with Gasteiger partial charge in [-0.15, -0.1) is 0 Å². The topological polar surface area (TPSA) is 163 Å². The second kappa shape index (κ2) is 28.3. The van der Waals surface area contributed by atoms with Crippen molar-refractivity contribution in [3.8, 4) is 23.0 Å². The first kappa shape index (κ1) is 54.6. The van der Waals surface area contributed by atoms with Gasteiger partial charge in [0.1, 0.15) is 0 Å². The molecule has 4 aliphatic heterocycles. The monoisotopic (exact) mass is 1220 g/mol. The molecule has 0 spiro atoms. The number of aliphatic imine (C=N–C) groups is 2. The first-order chi connectivity index (χ1) is 28.7. The van der Waals surface area contributed by atoms with Crippen molar-refractivity contribution in [1.82, 2.24) is 0 Å². The fraction of sp³-hybridized carbons (Fsp3) is 0.326. The summed E-state index contributed by atoms with van der Waals surface area (Å²) in [5, 5.41) is 18.3. The van der Waals surface area contributed by atoms with E-state index in [-0.39, 0.29) is 146 Å². The molecule has 61 heavy (non-hydrogen) atoms. The summed E-state index contributed by atoms with van der Waals surface area (Å²) in [6, 6.07) is 22.4. The number of fused-ring (bicyclic) bond motifs is 8. The zero-order valence-corrected chi connectivity index (χ0v) is 47.2. The number of hydrogen-bond acceptors (Lipinski definition) is 11. The molecule has 4 aromatic rings. The maximum Gasteiger partial charge on any atom is 1.00 e. The number of carbonyl (C=O) groups is 3. The van der Waals surface area contributed by atoms with Crippen LogP contribution in [0.25, 0.3) is 0 Å². The Bertz CT molecular complexity index is 2170. The summed E-state index contributed by atoms with van der Waals surface area (Å²) in [4.78, 5) is 50.1. The van der Waals surface area contributed by atoms with Crippen LogP contribution in [0.15, 0.2) is 82.8 Å². The molecular formula is C43H45I3K2N4O9. The van der Waals surface area contributed by atoms with E-state index in [4.69, 9.17) is 24.3 Å². The molecule has 2 amide bonds. The van der Waals surface area contributed by atoms with E-state index in [2.05, 4.69) is 88.7 Å². The van der Waals surface area contributed by atoms with Crippen LogP contribution in [0, 0.1) is 0 Å². The number of nitrogens with zero attached hydrogens (tertiary/aromatic N) is 4. The number of halogens is 3. The van der Waals surface area contributed by atoms with Crippen LogP contribution in [0.5, 0.6) is 23.0 Å². The van der Waals surface area contributed by atoms with Gasteiger partial charge in [0.15, 0.2) is 23.0 Å². The molecule has 4 heterocycles. The third-order valence-corrected chi connectivity index (χ3v) is 11.9. The van der Waals surface area contributed by atoms with Gasteiger partial charge in [-0.1, -0.05) is 104 Å². The number of ether oxygens (including phenoxy) is 3. The number of phenols is 1. The van der Waals surface area contributed by atoms with Gasteiger partial charge in [0.25, 0.3) is 18.3 Å². The van der Waals surface area contributed by atoms with Gasteiger partial charge in [-0.2, -0.15) is 0 Å². The third-order valence-electron chi connectivity index (χ3n) is 9.61. The predicted molar refractivity (Wildman–Crippen MR) is 254 cm³/mol. The number of phenolic OH excluding ortho intramolecular Hbond substituents is 1. The van der Waals surface area contributed by atoms with Crippen molar-refractivity contribution < 1.29 is 148 Å².